The summed E-state index contributed by atoms with van der Waals surface area (Å²) >= 11 is 1.33. The molecule has 0 aliphatic rings. The molecule has 1 aromatic carbocycles. The Morgan fingerprint density at radius 1 is 1.38 bits per heavy atom. The summed E-state index contributed by atoms with van der Waals surface area (Å²) in [6.45, 7) is 1.80. The van der Waals surface area contributed by atoms with E-state index >= 15 is 0 Å². The van der Waals surface area contributed by atoms with Gasteiger partial charge in [-0.05, 0) is 24.1 Å². The van der Waals surface area contributed by atoms with E-state index in [-0.39, 0.29) is 11.4 Å². The highest BCUT2D eigenvalue weighted by molar-refractivity contribution is 7.17. The van der Waals surface area contributed by atoms with Gasteiger partial charge >= 0.3 is 5.97 Å². The lowest BCUT2D eigenvalue weighted by Crippen LogP contribution is -2.30. The van der Waals surface area contributed by atoms with Crippen LogP contribution in [0.15, 0.2) is 40.8 Å². The van der Waals surface area contributed by atoms with Crippen LogP contribution in [0, 0.1) is 5.82 Å². The van der Waals surface area contributed by atoms with Crippen LogP contribution < -0.4 is 5.56 Å². The second-order valence-corrected chi connectivity index (χ2v) is 6.10. The number of aromatic nitrogens is 2. The lowest BCUT2D eigenvalue weighted by atomic mass is 10.1. The summed E-state index contributed by atoms with van der Waals surface area (Å²) < 4.78 is 19.2. The topological polar surface area (TPSA) is 61.2 Å². The molecule has 7 heteroatoms. The van der Waals surface area contributed by atoms with E-state index in [0.717, 1.165) is 5.56 Å². The highest BCUT2D eigenvalue weighted by Gasteiger charge is 2.23. The number of ether oxygens (including phenoxy) is 1. The van der Waals surface area contributed by atoms with Crippen molar-refractivity contribution in [3.8, 4) is 11.1 Å². The van der Waals surface area contributed by atoms with E-state index in [1.807, 2.05) is 5.38 Å². The minimum Gasteiger partial charge on any atom is -0.467 e. The first kappa shape index (κ1) is 16.3. The smallest absolute Gasteiger partial charge is 0.329 e. The minimum atomic E-state index is -0.722. The normalized spacial score (nSPS) is 12.3. The maximum absolute atomic E-state index is 13.1. The molecule has 0 spiro atoms. The van der Waals surface area contributed by atoms with Crippen molar-refractivity contribution >= 4 is 27.5 Å². The molecule has 0 radical (unpaired) electrons. The highest BCUT2D eigenvalue weighted by atomic mass is 32.1. The van der Waals surface area contributed by atoms with Crippen LogP contribution in [-0.4, -0.2) is 22.6 Å². The van der Waals surface area contributed by atoms with Crippen LogP contribution in [-0.2, 0) is 9.53 Å². The van der Waals surface area contributed by atoms with Crippen molar-refractivity contribution in [2.75, 3.05) is 7.11 Å². The van der Waals surface area contributed by atoms with Crippen LogP contribution in [0.2, 0.25) is 0 Å². The third kappa shape index (κ3) is 2.71. The standard InChI is InChI=1S/C17H15FN2O3S/c1-3-13(17(22)23-2)20-9-19-15-14(16(20)21)12(8-24-15)10-4-6-11(18)7-5-10/h4-9,13H,3H2,1-2H3. The Morgan fingerprint density at radius 2 is 2.08 bits per heavy atom. The molecule has 0 amide bonds. The molecular formula is C17H15FN2O3S. The Bertz CT molecular complexity index is 947. The number of halogens is 1. The molecule has 2 aromatic heterocycles. The Labute approximate surface area is 141 Å². The molecule has 2 heterocycles. The lowest BCUT2D eigenvalue weighted by molar-refractivity contribution is -0.144. The van der Waals surface area contributed by atoms with E-state index in [2.05, 4.69) is 4.98 Å². The summed E-state index contributed by atoms with van der Waals surface area (Å²) in [6.07, 6.45) is 1.79. The van der Waals surface area contributed by atoms with Crippen molar-refractivity contribution in [3.05, 3.63) is 52.1 Å². The second-order valence-electron chi connectivity index (χ2n) is 5.24. The van der Waals surface area contributed by atoms with Crippen LogP contribution in [0.25, 0.3) is 21.3 Å². The van der Waals surface area contributed by atoms with Gasteiger partial charge < -0.3 is 4.74 Å². The van der Waals surface area contributed by atoms with E-state index in [1.165, 1.54) is 41.5 Å². The number of thiophene rings is 1. The van der Waals surface area contributed by atoms with Crippen LogP contribution in [0.1, 0.15) is 19.4 Å². The predicted molar refractivity (Wildman–Crippen MR) is 90.6 cm³/mol. The Morgan fingerprint density at radius 3 is 2.71 bits per heavy atom. The van der Waals surface area contributed by atoms with E-state index in [9.17, 15) is 14.0 Å². The van der Waals surface area contributed by atoms with Crippen LogP contribution in [0.5, 0.6) is 0 Å². The zero-order valence-corrected chi connectivity index (χ0v) is 14.0. The predicted octanol–water partition coefficient (Wildman–Crippen LogP) is 3.39. The average Bonchev–Trinajstić information content (AvgIpc) is 3.02. The number of methoxy groups -OCH3 is 1. The minimum absolute atomic E-state index is 0.308. The number of hydrogen-bond acceptors (Lipinski definition) is 5. The highest BCUT2D eigenvalue weighted by Crippen LogP contribution is 2.31. The van der Waals surface area contributed by atoms with E-state index in [0.29, 0.717) is 22.2 Å². The van der Waals surface area contributed by atoms with Crippen LogP contribution in [0.4, 0.5) is 4.39 Å². The molecule has 124 valence electrons. The summed E-state index contributed by atoms with van der Waals surface area (Å²) in [5.74, 6) is -0.829. The lowest BCUT2D eigenvalue weighted by Gasteiger charge is -2.15. The monoisotopic (exact) mass is 346 g/mol. The van der Waals surface area contributed by atoms with E-state index < -0.39 is 12.0 Å². The summed E-state index contributed by atoms with van der Waals surface area (Å²) in [5, 5.41) is 2.24. The first-order valence-electron chi connectivity index (χ1n) is 7.39. The number of carbonyl (C=O) groups is 1. The van der Waals surface area contributed by atoms with Gasteiger partial charge in [0.2, 0.25) is 0 Å². The fourth-order valence-corrected chi connectivity index (χ4v) is 3.53. The first-order valence-corrected chi connectivity index (χ1v) is 8.26. The third-order valence-corrected chi connectivity index (χ3v) is 4.76. The van der Waals surface area contributed by atoms with Gasteiger partial charge in [0.15, 0.2) is 0 Å². The van der Waals surface area contributed by atoms with Gasteiger partial charge in [-0.2, -0.15) is 0 Å². The fraction of sp³-hybridized carbons (Fsp3) is 0.235. The molecule has 1 atom stereocenters. The van der Waals surface area contributed by atoms with Gasteiger partial charge in [0.25, 0.3) is 5.56 Å². The zero-order valence-electron chi connectivity index (χ0n) is 13.2. The molecule has 1 unspecified atom stereocenters. The van der Waals surface area contributed by atoms with Crippen LogP contribution in [0.3, 0.4) is 0 Å². The van der Waals surface area contributed by atoms with Crippen molar-refractivity contribution in [1.29, 1.82) is 0 Å². The van der Waals surface area contributed by atoms with Crippen molar-refractivity contribution < 1.29 is 13.9 Å². The quantitative estimate of drug-likeness (QED) is 0.680. The maximum Gasteiger partial charge on any atom is 0.329 e. The average molecular weight is 346 g/mol. The van der Waals surface area contributed by atoms with Gasteiger partial charge in [0.05, 0.1) is 18.8 Å². The van der Waals surface area contributed by atoms with Crippen molar-refractivity contribution in [2.45, 2.75) is 19.4 Å². The molecule has 0 saturated heterocycles. The van der Waals surface area contributed by atoms with E-state index in [4.69, 9.17) is 4.74 Å². The molecule has 0 fully saturated rings. The maximum atomic E-state index is 13.1. The van der Waals surface area contributed by atoms with Gasteiger partial charge in [-0.15, -0.1) is 11.3 Å². The molecule has 3 rings (SSSR count). The van der Waals surface area contributed by atoms with Gasteiger partial charge in [-0.25, -0.2) is 14.2 Å². The number of esters is 1. The first-order chi connectivity index (χ1) is 11.6. The third-order valence-electron chi connectivity index (χ3n) is 3.87. The summed E-state index contributed by atoms with van der Waals surface area (Å²) in [4.78, 5) is 29.7. The van der Waals surface area contributed by atoms with Crippen LogP contribution >= 0.6 is 11.3 Å². The van der Waals surface area contributed by atoms with Crippen molar-refractivity contribution in [3.63, 3.8) is 0 Å². The zero-order chi connectivity index (χ0) is 17.3. The molecule has 0 N–H and O–H groups in total. The van der Waals surface area contributed by atoms with Crippen molar-refractivity contribution in [1.82, 2.24) is 9.55 Å². The van der Waals surface area contributed by atoms with Gasteiger partial charge in [0, 0.05) is 10.9 Å². The molecule has 0 aliphatic carbocycles. The Balaban J connectivity index is 2.21. The second kappa shape index (κ2) is 6.52. The molecule has 3 aromatic rings. The molecular weight excluding hydrogens is 331 g/mol. The van der Waals surface area contributed by atoms with Crippen molar-refractivity contribution in [2.24, 2.45) is 0 Å². The van der Waals surface area contributed by atoms with E-state index in [1.54, 1.807) is 19.1 Å². The molecule has 24 heavy (non-hydrogen) atoms. The number of nitrogens with zero attached hydrogens (tertiary/aromatic N) is 2. The molecule has 0 aliphatic heterocycles. The number of fused-ring (bicyclic) bond motifs is 1. The number of benzene rings is 1. The Hall–Kier alpha value is -2.54. The number of hydrogen-bond donors (Lipinski definition) is 0. The SMILES string of the molecule is CCC(C(=O)OC)n1cnc2scc(-c3ccc(F)cc3)c2c1=O. The molecule has 5 nitrogen and oxygen atoms in total. The number of rotatable bonds is 4. The van der Waals surface area contributed by atoms with Gasteiger partial charge in [-0.3, -0.25) is 9.36 Å². The largest absolute Gasteiger partial charge is 0.467 e. The fourth-order valence-electron chi connectivity index (χ4n) is 2.62. The van der Waals surface area contributed by atoms with Gasteiger partial charge in [0.1, 0.15) is 16.7 Å². The summed E-state index contributed by atoms with van der Waals surface area (Å²) in [6, 6.07) is 5.20. The Kier molecular flexibility index (Phi) is 4.44. The summed E-state index contributed by atoms with van der Waals surface area (Å²) in [5.41, 5.74) is 1.10. The molecule has 0 bridgehead atoms. The van der Waals surface area contributed by atoms with Gasteiger partial charge in [-0.1, -0.05) is 19.1 Å². The molecule has 0 saturated carbocycles. The summed E-state index contributed by atoms with van der Waals surface area (Å²) in [7, 11) is 1.29. The number of carbonyl (C=O) groups excluding carboxylic acids is 1.